The first-order valence-corrected chi connectivity index (χ1v) is 7.07. The van der Waals surface area contributed by atoms with Gasteiger partial charge < -0.3 is 4.42 Å². The van der Waals surface area contributed by atoms with Gasteiger partial charge in [0.1, 0.15) is 5.52 Å². The Morgan fingerprint density at radius 2 is 1.79 bits per heavy atom. The number of aromatic nitrogens is 1. The van der Waals surface area contributed by atoms with E-state index in [1.54, 1.807) is 6.07 Å². The maximum absolute atomic E-state index is 11.3. The van der Waals surface area contributed by atoms with Crippen LogP contribution < -0.4 is 5.14 Å². The molecule has 2 N–H and O–H groups in total. The second kappa shape index (κ2) is 4.18. The molecule has 1 heterocycles. The summed E-state index contributed by atoms with van der Waals surface area (Å²) in [5.41, 5.74) is 1.81. The minimum absolute atomic E-state index is 0.0212. The standard InChI is InChI=1S/C13H10N2O3S/c14-19(16,17)10-6-7-12-11(8-10)15-13(18-12)9-4-2-1-3-5-9/h1-8H,(H2,14,16,17). The monoisotopic (exact) mass is 274 g/mol. The third kappa shape index (κ3) is 2.23. The Bertz CT molecular complexity index is 839. The van der Waals surface area contributed by atoms with Gasteiger partial charge in [0.05, 0.1) is 4.90 Å². The van der Waals surface area contributed by atoms with Crippen LogP contribution in [-0.4, -0.2) is 13.4 Å². The lowest BCUT2D eigenvalue weighted by Gasteiger charge is -1.95. The van der Waals surface area contributed by atoms with E-state index in [1.807, 2.05) is 30.3 Å². The van der Waals surface area contributed by atoms with Gasteiger partial charge in [-0.3, -0.25) is 0 Å². The minimum Gasteiger partial charge on any atom is -0.436 e. The second-order valence-corrected chi connectivity index (χ2v) is 5.62. The van der Waals surface area contributed by atoms with Gasteiger partial charge in [0.2, 0.25) is 15.9 Å². The largest absolute Gasteiger partial charge is 0.436 e. The molecule has 3 aromatic rings. The van der Waals surface area contributed by atoms with Gasteiger partial charge in [-0.15, -0.1) is 0 Å². The molecule has 1 aromatic heterocycles. The van der Waals surface area contributed by atoms with Crippen LogP contribution in [0.4, 0.5) is 0 Å². The Hall–Kier alpha value is -2.18. The van der Waals surface area contributed by atoms with Gasteiger partial charge in [0, 0.05) is 5.56 Å². The number of hydrogen-bond acceptors (Lipinski definition) is 4. The fraction of sp³-hybridized carbons (Fsp3) is 0. The van der Waals surface area contributed by atoms with E-state index in [0.717, 1.165) is 5.56 Å². The van der Waals surface area contributed by atoms with E-state index in [-0.39, 0.29) is 4.90 Å². The van der Waals surface area contributed by atoms with Crippen LogP contribution in [0.25, 0.3) is 22.6 Å². The Morgan fingerprint density at radius 1 is 1.05 bits per heavy atom. The molecule has 5 nitrogen and oxygen atoms in total. The van der Waals surface area contributed by atoms with Crippen LogP contribution in [0.2, 0.25) is 0 Å². The van der Waals surface area contributed by atoms with Gasteiger partial charge in [-0.25, -0.2) is 18.5 Å². The van der Waals surface area contributed by atoms with Crippen molar-refractivity contribution in [1.82, 2.24) is 4.98 Å². The molecule has 96 valence electrons. The normalized spacial score (nSPS) is 11.8. The third-order valence-electron chi connectivity index (χ3n) is 2.71. The van der Waals surface area contributed by atoms with Crippen molar-refractivity contribution in [2.75, 3.05) is 0 Å². The van der Waals surface area contributed by atoms with Gasteiger partial charge in [-0.2, -0.15) is 0 Å². The highest BCUT2D eigenvalue weighted by Crippen LogP contribution is 2.25. The van der Waals surface area contributed by atoms with Gasteiger partial charge in [-0.05, 0) is 30.3 Å². The zero-order chi connectivity index (χ0) is 13.5. The van der Waals surface area contributed by atoms with Crippen molar-refractivity contribution in [2.45, 2.75) is 4.90 Å². The van der Waals surface area contributed by atoms with E-state index in [0.29, 0.717) is 17.0 Å². The average Bonchev–Trinajstić information content (AvgIpc) is 2.81. The van der Waals surface area contributed by atoms with Crippen LogP contribution >= 0.6 is 0 Å². The Labute approximate surface area is 109 Å². The van der Waals surface area contributed by atoms with E-state index in [1.165, 1.54) is 12.1 Å². The Kier molecular flexibility index (Phi) is 2.62. The molecule has 0 saturated carbocycles. The SMILES string of the molecule is NS(=O)(=O)c1ccc2oc(-c3ccccc3)nc2c1. The zero-order valence-electron chi connectivity index (χ0n) is 9.78. The topological polar surface area (TPSA) is 86.2 Å². The van der Waals surface area contributed by atoms with Crippen molar-refractivity contribution >= 4 is 21.1 Å². The molecule has 0 aliphatic heterocycles. The van der Waals surface area contributed by atoms with Crippen molar-refractivity contribution in [3.8, 4) is 11.5 Å². The summed E-state index contributed by atoms with van der Waals surface area (Å²) in [4.78, 5) is 4.29. The van der Waals surface area contributed by atoms with Gasteiger partial charge in [0.25, 0.3) is 0 Å². The molecule has 0 aliphatic carbocycles. The van der Waals surface area contributed by atoms with Crippen LogP contribution in [-0.2, 0) is 10.0 Å². The summed E-state index contributed by atoms with van der Waals surface area (Å²) in [6, 6.07) is 13.7. The molecule has 0 aliphatic rings. The molecule has 0 atom stereocenters. The smallest absolute Gasteiger partial charge is 0.238 e. The molecule has 0 amide bonds. The number of fused-ring (bicyclic) bond motifs is 1. The first-order valence-electron chi connectivity index (χ1n) is 5.53. The number of benzene rings is 2. The number of rotatable bonds is 2. The summed E-state index contributed by atoms with van der Waals surface area (Å²) in [6.07, 6.45) is 0. The summed E-state index contributed by atoms with van der Waals surface area (Å²) in [5, 5.41) is 5.08. The summed E-state index contributed by atoms with van der Waals surface area (Å²) in [7, 11) is -3.73. The molecule has 0 spiro atoms. The van der Waals surface area contributed by atoms with Crippen LogP contribution in [0.5, 0.6) is 0 Å². The molecular formula is C13H10N2O3S. The van der Waals surface area contributed by atoms with E-state index in [2.05, 4.69) is 4.98 Å². The molecule has 19 heavy (non-hydrogen) atoms. The predicted octanol–water partition coefficient (Wildman–Crippen LogP) is 2.14. The molecule has 6 heteroatoms. The molecule has 0 bridgehead atoms. The number of oxazole rings is 1. The van der Waals surface area contributed by atoms with Crippen LogP contribution in [0.15, 0.2) is 57.8 Å². The number of sulfonamides is 1. The highest BCUT2D eigenvalue weighted by molar-refractivity contribution is 7.89. The van der Waals surface area contributed by atoms with Gasteiger partial charge >= 0.3 is 0 Å². The number of nitrogens with two attached hydrogens (primary N) is 1. The van der Waals surface area contributed by atoms with Crippen molar-refractivity contribution in [1.29, 1.82) is 0 Å². The van der Waals surface area contributed by atoms with Crippen molar-refractivity contribution < 1.29 is 12.8 Å². The summed E-state index contributed by atoms with van der Waals surface area (Å²) >= 11 is 0. The first-order chi connectivity index (χ1) is 9.04. The molecule has 2 aromatic carbocycles. The van der Waals surface area contributed by atoms with Crippen LogP contribution in [0.3, 0.4) is 0 Å². The van der Waals surface area contributed by atoms with E-state index in [9.17, 15) is 8.42 Å². The average molecular weight is 274 g/mol. The van der Waals surface area contributed by atoms with E-state index >= 15 is 0 Å². The van der Waals surface area contributed by atoms with Crippen molar-refractivity contribution in [2.24, 2.45) is 5.14 Å². The number of primary sulfonamides is 1. The van der Waals surface area contributed by atoms with Crippen LogP contribution in [0, 0.1) is 0 Å². The quantitative estimate of drug-likeness (QED) is 0.775. The maximum atomic E-state index is 11.3. The van der Waals surface area contributed by atoms with Gasteiger partial charge in [-0.1, -0.05) is 18.2 Å². The van der Waals surface area contributed by atoms with Crippen molar-refractivity contribution in [3.05, 3.63) is 48.5 Å². The van der Waals surface area contributed by atoms with Gasteiger partial charge in [0.15, 0.2) is 5.58 Å². The lowest BCUT2D eigenvalue weighted by molar-refractivity contribution is 0.598. The lowest BCUT2D eigenvalue weighted by atomic mass is 10.2. The van der Waals surface area contributed by atoms with E-state index < -0.39 is 10.0 Å². The van der Waals surface area contributed by atoms with E-state index in [4.69, 9.17) is 9.56 Å². The molecular weight excluding hydrogens is 264 g/mol. The fourth-order valence-electron chi connectivity index (χ4n) is 1.79. The lowest BCUT2D eigenvalue weighted by Crippen LogP contribution is -2.11. The second-order valence-electron chi connectivity index (χ2n) is 4.06. The van der Waals surface area contributed by atoms with Crippen LogP contribution in [0.1, 0.15) is 0 Å². The summed E-state index contributed by atoms with van der Waals surface area (Å²) in [6.45, 7) is 0. The zero-order valence-corrected chi connectivity index (χ0v) is 10.6. The van der Waals surface area contributed by atoms with Crippen molar-refractivity contribution in [3.63, 3.8) is 0 Å². The minimum atomic E-state index is -3.73. The third-order valence-corrected chi connectivity index (χ3v) is 3.62. The molecule has 0 fully saturated rings. The Balaban J connectivity index is 2.17. The maximum Gasteiger partial charge on any atom is 0.238 e. The number of hydrogen-bond donors (Lipinski definition) is 1. The molecule has 3 rings (SSSR count). The Morgan fingerprint density at radius 3 is 2.47 bits per heavy atom. The molecule has 0 saturated heterocycles. The molecule has 0 unspecified atom stereocenters. The summed E-state index contributed by atoms with van der Waals surface area (Å²) in [5.74, 6) is 0.446. The predicted molar refractivity (Wildman–Crippen MR) is 70.8 cm³/mol. The summed E-state index contributed by atoms with van der Waals surface area (Å²) < 4.78 is 28.1. The first kappa shape index (κ1) is 11.9. The fourth-order valence-corrected chi connectivity index (χ4v) is 2.32. The highest BCUT2D eigenvalue weighted by Gasteiger charge is 2.12. The molecule has 0 radical (unpaired) electrons. The number of nitrogens with zero attached hydrogens (tertiary/aromatic N) is 1. The highest BCUT2D eigenvalue weighted by atomic mass is 32.2.